The van der Waals surface area contributed by atoms with E-state index in [1.54, 1.807) is 0 Å². The van der Waals surface area contributed by atoms with Gasteiger partial charge in [-0.25, -0.2) is 13.6 Å². The zero-order chi connectivity index (χ0) is 15.5. The maximum Gasteiger partial charge on any atom is 0.319 e. The number of nitrogens with one attached hydrogen (secondary N) is 2. The molecule has 0 aromatic heterocycles. The Labute approximate surface area is 122 Å². The van der Waals surface area contributed by atoms with E-state index in [1.807, 2.05) is 0 Å². The molecule has 0 heterocycles. The van der Waals surface area contributed by atoms with Gasteiger partial charge in [-0.15, -0.1) is 0 Å². The van der Waals surface area contributed by atoms with Crippen LogP contribution in [-0.4, -0.2) is 24.3 Å². The van der Waals surface area contributed by atoms with E-state index in [-0.39, 0.29) is 11.8 Å². The second kappa shape index (κ2) is 9.88. The number of aliphatic hydroxyl groups is 1. The molecule has 3 N–H and O–H groups in total. The molecule has 0 saturated heterocycles. The quantitative estimate of drug-likeness (QED) is 0.644. The Bertz CT molecular complexity index is 461. The Morgan fingerprint density at radius 1 is 1.19 bits per heavy atom. The van der Waals surface area contributed by atoms with E-state index in [4.69, 9.17) is 5.11 Å². The van der Waals surface area contributed by atoms with Crippen LogP contribution in [0.15, 0.2) is 36.2 Å². The predicted molar refractivity (Wildman–Crippen MR) is 78.2 cm³/mol. The minimum absolute atomic E-state index is 0.340. The molecule has 4 nitrogen and oxygen atoms in total. The van der Waals surface area contributed by atoms with Gasteiger partial charge in [0.15, 0.2) is 0 Å². The summed E-state index contributed by atoms with van der Waals surface area (Å²) in [7, 11) is 0. The smallest absolute Gasteiger partial charge is 0.319 e. The van der Waals surface area contributed by atoms with Gasteiger partial charge in [-0.1, -0.05) is 12.5 Å². The van der Waals surface area contributed by atoms with Crippen LogP contribution in [0.5, 0.6) is 0 Å². The average molecular weight is 298 g/mol. The summed E-state index contributed by atoms with van der Waals surface area (Å²) < 4.78 is 25.2. The maximum atomic E-state index is 12.7. The van der Waals surface area contributed by atoms with Crippen molar-refractivity contribution in [1.29, 1.82) is 0 Å². The first kappa shape index (κ1) is 17.1. The Kier molecular flexibility index (Phi) is 8.04. The number of hydrogen-bond donors (Lipinski definition) is 3. The lowest BCUT2D eigenvalue weighted by atomic mass is 10.2. The van der Waals surface area contributed by atoms with Gasteiger partial charge >= 0.3 is 6.03 Å². The third-order valence-corrected chi connectivity index (χ3v) is 2.79. The average Bonchev–Trinajstić information content (AvgIpc) is 2.48. The van der Waals surface area contributed by atoms with E-state index in [0.29, 0.717) is 18.7 Å². The number of carbonyl (C=O) groups excluding carboxylic acids is 1. The summed E-state index contributed by atoms with van der Waals surface area (Å²) in [6.45, 7) is -0.0374. The standard InChI is InChI=1S/C15H20F2N2O2/c16-12-6-8-14(9-7-12)19-15(21)18-10-4-2-1-3-5-13(17)11-20/h5-9,20H,1-4,10-11H2,(H2,18,19,21)/b13-5+. The molecule has 0 atom stereocenters. The van der Waals surface area contributed by atoms with Gasteiger partial charge in [0, 0.05) is 12.2 Å². The number of benzene rings is 1. The molecular weight excluding hydrogens is 278 g/mol. The van der Waals surface area contributed by atoms with Crippen molar-refractivity contribution in [2.45, 2.75) is 25.7 Å². The Morgan fingerprint density at radius 2 is 1.90 bits per heavy atom. The van der Waals surface area contributed by atoms with Gasteiger partial charge in [0.25, 0.3) is 0 Å². The summed E-state index contributed by atoms with van der Waals surface area (Å²) in [5.41, 5.74) is 0.526. The fraction of sp³-hybridized carbons (Fsp3) is 0.400. The van der Waals surface area contributed by atoms with Crippen molar-refractivity contribution in [2.75, 3.05) is 18.5 Å². The fourth-order valence-electron chi connectivity index (χ4n) is 1.68. The summed E-state index contributed by atoms with van der Waals surface area (Å²) in [6.07, 6.45) is 4.38. The van der Waals surface area contributed by atoms with Crippen LogP contribution >= 0.6 is 0 Å². The highest BCUT2D eigenvalue weighted by Gasteiger charge is 2.00. The van der Waals surface area contributed by atoms with Crippen molar-refractivity contribution in [1.82, 2.24) is 5.32 Å². The molecule has 0 radical (unpaired) electrons. The monoisotopic (exact) mass is 298 g/mol. The van der Waals surface area contributed by atoms with Crippen LogP contribution in [0.25, 0.3) is 0 Å². The fourth-order valence-corrected chi connectivity index (χ4v) is 1.68. The van der Waals surface area contributed by atoms with Crippen LogP contribution in [0, 0.1) is 5.82 Å². The Balaban J connectivity index is 2.07. The van der Waals surface area contributed by atoms with Gasteiger partial charge in [-0.2, -0.15) is 0 Å². The Hall–Kier alpha value is -1.95. The van der Waals surface area contributed by atoms with E-state index in [2.05, 4.69) is 10.6 Å². The molecule has 0 aliphatic carbocycles. The molecule has 0 spiro atoms. The number of amides is 2. The number of aliphatic hydroxyl groups excluding tert-OH is 1. The van der Waals surface area contributed by atoms with Crippen LogP contribution in [0.3, 0.4) is 0 Å². The van der Waals surface area contributed by atoms with Gasteiger partial charge in [0.1, 0.15) is 11.6 Å². The zero-order valence-electron chi connectivity index (χ0n) is 11.7. The van der Waals surface area contributed by atoms with Gasteiger partial charge in [0.2, 0.25) is 0 Å². The summed E-state index contributed by atoms with van der Waals surface area (Å²) in [5, 5.41) is 13.7. The number of halogens is 2. The molecule has 0 saturated carbocycles. The molecule has 2 amide bonds. The van der Waals surface area contributed by atoms with E-state index in [9.17, 15) is 13.6 Å². The van der Waals surface area contributed by atoms with Gasteiger partial charge < -0.3 is 15.7 Å². The molecular formula is C15H20F2N2O2. The lowest BCUT2D eigenvalue weighted by Gasteiger charge is -2.07. The molecule has 6 heteroatoms. The van der Waals surface area contributed by atoms with Crippen molar-refractivity contribution in [3.8, 4) is 0 Å². The highest BCUT2D eigenvalue weighted by Crippen LogP contribution is 2.08. The number of urea groups is 1. The SMILES string of the molecule is O=C(NCCCCC/C=C(/F)CO)Nc1ccc(F)cc1. The number of carbonyl (C=O) groups is 1. The zero-order valence-corrected chi connectivity index (χ0v) is 11.7. The van der Waals surface area contributed by atoms with Gasteiger partial charge in [0.05, 0.1) is 6.61 Å². The first-order chi connectivity index (χ1) is 10.1. The molecule has 0 aliphatic rings. The normalized spacial score (nSPS) is 11.3. The van der Waals surface area contributed by atoms with Gasteiger partial charge in [-0.05, 0) is 43.5 Å². The lowest BCUT2D eigenvalue weighted by Crippen LogP contribution is -2.29. The second-order valence-electron chi connectivity index (χ2n) is 4.55. The molecule has 1 rings (SSSR count). The first-order valence-corrected chi connectivity index (χ1v) is 6.87. The van der Waals surface area contributed by atoms with E-state index < -0.39 is 12.4 Å². The highest BCUT2D eigenvalue weighted by molar-refractivity contribution is 5.89. The minimum atomic E-state index is -0.550. The molecule has 1 aromatic carbocycles. The number of anilines is 1. The first-order valence-electron chi connectivity index (χ1n) is 6.87. The number of rotatable bonds is 8. The van der Waals surface area contributed by atoms with Crippen molar-refractivity contribution in [3.05, 3.63) is 42.0 Å². The second-order valence-corrected chi connectivity index (χ2v) is 4.55. The number of hydrogen-bond acceptors (Lipinski definition) is 2. The van der Waals surface area contributed by atoms with E-state index in [0.717, 1.165) is 19.3 Å². The largest absolute Gasteiger partial charge is 0.389 e. The molecule has 116 valence electrons. The Morgan fingerprint density at radius 3 is 2.57 bits per heavy atom. The third-order valence-electron chi connectivity index (χ3n) is 2.79. The van der Waals surface area contributed by atoms with Crippen LogP contribution < -0.4 is 10.6 Å². The topological polar surface area (TPSA) is 61.4 Å². The number of unbranched alkanes of at least 4 members (excludes halogenated alkanes) is 3. The van der Waals surface area contributed by atoms with Crippen LogP contribution in [-0.2, 0) is 0 Å². The minimum Gasteiger partial charge on any atom is -0.389 e. The molecule has 0 unspecified atom stereocenters. The van der Waals surface area contributed by atoms with Crippen molar-refractivity contribution in [2.24, 2.45) is 0 Å². The summed E-state index contributed by atoms with van der Waals surface area (Å²) >= 11 is 0. The third kappa shape index (κ3) is 8.04. The maximum absolute atomic E-state index is 12.7. The molecule has 21 heavy (non-hydrogen) atoms. The molecule has 0 bridgehead atoms. The lowest BCUT2D eigenvalue weighted by molar-refractivity contribution is 0.252. The molecule has 1 aromatic rings. The predicted octanol–water partition coefficient (Wildman–Crippen LogP) is 3.35. The number of allylic oxidation sites excluding steroid dienone is 1. The van der Waals surface area contributed by atoms with Crippen molar-refractivity contribution in [3.63, 3.8) is 0 Å². The van der Waals surface area contributed by atoms with Crippen LogP contribution in [0.2, 0.25) is 0 Å². The summed E-state index contributed by atoms with van der Waals surface area (Å²) in [6, 6.07) is 5.17. The van der Waals surface area contributed by atoms with Crippen molar-refractivity contribution >= 4 is 11.7 Å². The van der Waals surface area contributed by atoms with Crippen LogP contribution in [0.1, 0.15) is 25.7 Å². The molecule has 0 aliphatic heterocycles. The summed E-state index contributed by atoms with van der Waals surface area (Å²) in [5.74, 6) is -0.862. The summed E-state index contributed by atoms with van der Waals surface area (Å²) in [4.78, 5) is 11.5. The van der Waals surface area contributed by atoms with Gasteiger partial charge in [-0.3, -0.25) is 0 Å². The van der Waals surface area contributed by atoms with Crippen molar-refractivity contribution < 1.29 is 18.7 Å². The van der Waals surface area contributed by atoms with E-state index in [1.165, 1.54) is 30.3 Å². The van der Waals surface area contributed by atoms with Crippen LogP contribution in [0.4, 0.5) is 19.3 Å². The molecule has 0 fully saturated rings. The van der Waals surface area contributed by atoms with E-state index >= 15 is 0 Å². The highest BCUT2D eigenvalue weighted by atomic mass is 19.1.